The molecule has 4 nitrogen and oxygen atoms in total. The normalized spacial score (nSPS) is 25.8. The molecule has 1 amide bonds. The summed E-state index contributed by atoms with van der Waals surface area (Å²) < 4.78 is 0. The van der Waals surface area contributed by atoms with E-state index in [1.54, 1.807) is 0 Å². The van der Waals surface area contributed by atoms with Crippen molar-refractivity contribution in [3.8, 4) is 0 Å². The van der Waals surface area contributed by atoms with Gasteiger partial charge in [-0.25, -0.2) is 0 Å². The van der Waals surface area contributed by atoms with Gasteiger partial charge in [-0.05, 0) is 44.2 Å². The van der Waals surface area contributed by atoms with Crippen molar-refractivity contribution < 1.29 is 4.79 Å². The number of nitrogens with zero attached hydrogens (tertiary/aromatic N) is 1. The van der Waals surface area contributed by atoms with Crippen molar-refractivity contribution in [3.63, 3.8) is 0 Å². The summed E-state index contributed by atoms with van der Waals surface area (Å²) in [5.74, 6) is 0.886. The number of rotatable bonds is 5. The first-order chi connectivity index (χ1) is 11.1. The van der Waals surface area contributed by atoms with E-state index in [9.17, 15) is 4.79 Å². The van der Waals surface area contributed by atoms with E-state index in [1.807, 2.05) is 18.2 Å². The summed E-state index contributed by atoms with van der Waals surface area (Å²) in [6.45, 7) is 2.83. The first-order valence-corrected chi connectivity index (χ1v) is 8.97. The van der Waals surface area contributed by atoms with Crippen LogP contribution < -0.4 is 15.5 Å². The lowest BCUT2D eigenvalue weighted by Gasteiger charge is -2.27. The van der Waals surface area contributed by atoms with Gasteiger partial charge in [0.05, 0.1) is 6.04 Å². The molecule has 4 unspecified atom stereocenters. The van der Waals surface area contributed by atoms with Crippen molar-refractivity contribution in [1.82, 2.24) is 10.6 Å². The van der Waals surface area contributed by atoms with Crippen molar-refractivity contribution >= 4 is 36.4 Å². The number of hydrogen-bond donors (Lipinski definition) is 2. The maximum Gasteiger partial charge on any atom is 0.237 e. The molecule has 2 N–H and O–H groups in total. The van der Waals surface area contributed by atoms with E-state index >= 15 is 0 Å². The standard InChI is InChI=1S/C19H29N3O.2ClH/c1-14(22(2)16-9-4-3-5-10-16)13-20-19(23)18-12-15-8-6-7-11-17(15)21-18;;/h3-5,9-10,14-15,17-18,21H,6-8,11-13H2,1-2H3,(H,20,23);2*1H. The Hall–Kier alpha value is -0.970. The summed E-state index contributed by atoms with van der Waals surface area (Å²) >= 11 is 0. The van der Waals surface area contributed by atoms with Gasteiger partial charge in [0, 0.05) is 31.4 Å². The lowest BCUT2D eigenvalue weighted by Crippen LogP contribution is -2.47. The molecular weight excluding hydrogens is 357 g/mol. The Bertz CT molecular complexity index is 515. The second-order valence-corrected chi connectivity index (χ2v) is 7.15. The van der Waals surface area contributed by atoms with Crippen LogP contribution in [-0.4, -0.2) is 37.6 Å². The number of nitrogens with one attached hydrogen (secondary N) is 2. The number of benzene rings is 1. The summed E-state index contributed by atoms with van der Waals surface area (Å²) in [6, 6.07) is 11.2. The third-order valence-electron chi connectivity index (χ3n) is 5.58. The molecule has 1 aromatic carbocycles. The van der Waals surface area contributed by atoms with Gasteiger partial charge in [-0.1, -0.05) is 31.0 Å². The third-order valence-corrected chi connectivity index (χ3v) is 5.58. The maximum absolute atomic E-state index is 12.5. The second-order valence-electron chi connectivity index (χ2n) is 7.15. The van der Waals surface area contributed by atoms with Crippen LogP contribution in [0.5, 0.6) is 0 Å². The van der Waals surface area contributed by atoms with Crippen molar-refractivity contribution in [1.29, 1.82) is 0 Å². The summed E-state index contributed by atoms with van der Waals surface area (Å²) in [5, 5.41) is 6.69. The molecule has 6 heteroatoms. The molecule has 142 valence electrons. The molecule has 1 aliphatic heterocycles. The molecule has 1 heterocycles. The zero-order valence-electron chi connectivity index (χ0n) is 15.1. The van der Waals surface area contributed by atoms with Gasteiger partial charge >= 0.3 is 0 Å². The number of carbonyl (C=O) groups excluding carboxylic acids is 1. The molecule has 0 spiro atoms. The average Bonchev–Trinajstić information content (AvgIpc) is 3.03. The Labute approximate surface area is 163 Å². The summed E-state index contributed by atoms with van der Waals surface area (Å²) in [7, 11) is 2.08. The number of anilines is 1. The molecular formula is C19H31Cl2N3O. The lowest BCUT2D eigenvalue weighted by molar-refractivity contribution is -0.122. The van der Waals surface area contributed by atoms with Gasteiger partial charge < -0.3 is 15.5 Å². The SMILES string of the molecule is CC(CNC(=O)C1CC2CCCCC2N1)N(C)c1ccccc1.Cl.Cl. The zero-order chi connectivity index (χ0) is 16.2. The monoisotopic (exact) mass is 387 g/mol. The van der Waals surface area contributed by atoms with Crippen LogP contribution in [-0.2, 0) is 4.79 Å². The predicted octanol–water partition coefficient (Wildman–Crippen LogP) is 3.39. The molecule has 1 aromatic rings. The van der Waals surface area contributed by atoms with Gasteiger partial charge in [0.1, 0.15) is 0 Å². The van der Waals surface area contributed by atoms with E-state index in [0.717, 1.165) is 6.42 Å². The number of hydrogen-bond acceptors (Lipinski definition) is 3. The number of amides is 1. The van der Waals surface area contributed by atoms with Crippen LogP contribution in [0, 0.1) is 5.92 Å². The molecule has 1 saturated carbocycles. The summed E-state index contributed by atoms with van der Waals surface area (Å²) in [4.78, 5) is 14.7. The first-order valence-electron chi connectivity index (χ1n) is 8.97. The summed E-state index contributed by atoms with van der Waals surface area (Å²) in [6.07, 6.45) is 6.17. The molecule has 2 aliphatic rings. The Morgan fingerprint density at radius 2 is 1.92 bits per heavy atom. The molecule has 25 heavy (non-hydrogen) atoms. The highest BCUT2D eigenvalue weighted by Crippen LogP contribution is 2.33. The number of para-hydroxylation sites is 1. The minimum atomic E-state index is 0. The van der Waals surface area contributed by atoms with Crippen LogP contribution in [0.2, 0.25) is 0 Å². The maximum atomic E-state index is 12.5. The molecule has 1 aliphatic carbocycles. The van der Waals surface area contributed by atoms with Crippen molar-refractivity contribution in [2.24, 2.45) is 5.92 Å². The summed E-state index contributed by atoms with van der Waals surface area (Å²) in [5.41, 5.74) is 1.18. The van der Waals surface area contributed by atoms with Gasteiger partial charge in [-0.2, -0.15) is 0 Å². The van der Waals surface area contributed by atoms with E-state index in [0.29, 0.717) is 18.5 Å². The van der Waals surface area contributed by atoms with E-state index in [-0.39, 0.29) is 42.8 Å². The number of fused-ring (bicyclic) bond motifs is 1. The molecule has 2 fully saturated rings. The zero-order valence-corrected chi connectivity index (χ0v) is 16.7. The molecule has 1 saturated heterocycles. The fourth-order valence-corrected chi connectivity index (χ4v) is 3.95. The molecule has 0 aromatic heterocycles. The van der Waals surface area contributed by atoms with Crippen LogP contribution in [0.3, 0.4) is 0 Å². The fraction of sp³-hybridized carbons (Fsp3) is 0.632. The Balaban J connectivity index is 0.00000156. The third kappa shape index (κ3) is 5.50. The quantitative estimate of drug-likeness (QED) is 0.813. The highest BCUT2D eigenvalue weighted by molar-refractivity contribution is 5.85. The Morgan fingerprint density at radius 3 is 2.60 bits per heavy atom. The lowest BCUT2D eigenvalue weighted by atomic mass is 9.85. The molecule has 3 rings (SSSR count). The van der Waals surface area contributed by atoms with Crippen molar-refractivity contribution in [3.05, 3.63) is 30.3 Å². The van der Waals surface area contributed by atoms with Crippen LogP contribution in [0.25, 0.3) is 0 Å². The highest BCUT2D eigenvalue weighted by atomic mass is 35.5. The minimum absolute atomic E-state index is 0. The van der Waals surface area contributed by atoms with Crippen LogP contribution >= 0.6 is 24.8 Å². The van der Waals surface area contributed by atoms with E-state index in [2.05, 4.69) is 41.6 Å². The molecule has 0 bridgehead atoms. The van der Waals surface area contributed by atoms with Gasteiger partial charge in [-0.3, -0.25) is 4.79 Å². The van der Waals surface area contributed by atoms with Crippen LogP contribution in [0.15, 0.2) is 30.3 Å². The Kier molecular flexibility index (Phi) is 9.04. The number of halogens is 2. The topological polar surface area (TPSA) is 44.4 Å². The average molecular weight is 388 g/mol. The van der Waals surface area contributed by atoms with E-state index in [4.69, 9.17) is 0 Å². The van der Waals surface area contributed by atoms with Gasteiger partial charge in [0.25, 0.3) is 0 Å². The second kappa shape index (κ2) is 10.2. The predicted molar refractivity (Wildman–Crippen MR) is 109 cm³/mol. The Morgan fingerprint density at radius 1 is 1.24 bits per heavy atom. The van der Waals surface area contributed by atoms with Gasteiger partial charge in [0.2, 0.25) is 5.91 Å². The molecule has 4 atom stereocenters. The van der Waals surface area contributed by atoms with E-state index in [1.165, 1.54) is 31.4 Å². The van der Waals surface area contributed by atoms with Crippen molar-refractivity contribution in [2.75, 3.05) is 18.5 Å². The highest BCUT2D eigenvalue weighted by Gasteiger charge is 2.38. The smallest absolute Gasteiger partial charge is 0.237 e. The van der Waals surface area contributed by atoms with Crippen molar-refractivity contribution in [2.45, 2.75) is 57.2 Å². The number of likely N-dealkylation sites (N-methyl/N-ethyl adjacent to an activating group) is 1. The minimum Gasteiger partial charge on any atom is -0.370 e. The molecule has 0 radical (unpaired) electrons. The largest absolute Gasteiger partial charge is 0.370 e. The van der Waals surface area contributed by atoms with Crippen LogP contribution in [0.4, 0.5) is 5.69 Å². The van der Waals surface area contributed by atoms with Crippen LogP contribution in [0.1, 0.15) is 39.0 Å². The number of carbonyl (C=O) groups is 1. The van der Waals surface area contributed by atoms with Gasteiger partial charge in [0.15, 0.2) is 0 Å². The van der Waals surface area contributed by atoms with E-state index < -0.39 is 0 Å². The van der Waals surface area contributed by atoms with Gasteiger partial charge in [-0.15, -0.1) is 24.8 Å². The first kappa shape index (κ1) is 22.1. The fourth-order valence-electron chi connectivity index (χ4n) is 3.95.